The molecule has 4 rings (SSSR count). The predicted octanol–water partition coefficient (Wildman–Crippen LogP) is 2.44. The summed E-state index contributed by atoms with van der Waals surface area (Å²) in [5.74, 6) is -3.55. The molecule has 0 spiro atoms. The molecule has 0 bridgehead atoms. The van der Waals surface area contributed by atoms with E-state index >= 15 is 4.39 Å². The molecule has 0 amide bonds. The van der Waals surface area contributed by atoms with Crippen LogP contribution in [-0.4, -0.2) is 73.3 Å². The molecule has 0 radical (unpaired) electrons. The fourth-order valence-corrected chi connectivity index (χ4v) is 4.01. The summed E-state index contributed by atoms with van der Waals surface area (Å²) in [6, 6.07) is 17.8. The molecule has 10 heteroatoms. The lowest BCUT2D eigenvalue weighted by atomic mass is 9.85. The minimum Gasteiger partial charge on any atom is -0.479 e. The Morgan fingerprint density at radius 3 is 2.19 bits per heavy atom. The number of aliphatic carboxylic acids is 2. The summed E-state index contributed by atoms with van der Waals surface area (Å²) in [6.45, 7) is 3.67. The van der Waals surface area contributed by atoms with E-state index in [2.05, 4.69) is 46.4 Å². The number of nitrogens with zero attached hydrogens (tertiary/aromatic N) is 3. The van der Waals surface area contributed by atoms with E-state index < -0.39 is 24.1 Å². The Morgan fingerprint density at radius 1 is 1.00 bits per heavy atom. The van der Waals surface area contributed by atoms with Crippen LogP contribution in [0.3, 0.4) is 0 Å². The number of aryl methyl sites for hydroxylation is 1. The van der Waals surface area contributed by atoms with Crippen molar-refractivity contribution in [2.45, 2.75) is 38.0 Å². The van der Waals surface area contributed by atoms with Crippen LogP contribution in [0.5, 0.6) is 0 Å². The van der Waals surface area contributed by atoms with E-state index in [-0.39, 0.29) is 11.7 Å². The van der Waals surface area contributed by atoms with E-state index in [1.54, 1.807) is 6.07 Å². The number of halogens is 1. The van der Waals surface area contributed by atoms with Crippen LogP contribution in [-0.2, 0) is 16.1 Å². The highest BCUT2D eigenvalue weighted by atomic mass is 19.1. The number of hydrogen-bond acceptors (Lipinski definition) is 7. The second-order valence-corrected chi connectivity index (χ2v) is 8.65. The van der Waals surface area contributed by atoms with E-state index in [0.29, 0.717) is 11.3 Å². The first-order valence-corrected chi connectivity index (χ1v) is 11.3. The number of aromatic nitrogens is 2. The normalized spacial score (nSPS) is 17.1. The van der Waals surface area contributed by atoms with Crippen molar-refractivity contribution in [1.29, 1.82) is 0 Å². The molecule has 1 unspecified atom stereocenters. The van der Waals surface area contributed by atoms with Crippen molar-refractivity contribution in [2.24, 2.45) is 0 Å². The van der Waals surface area contributed by atoms with Gasteiger partial charge >= 0.3 is 11.9 Å². The second kappa shape index (κ2) is 11.8. The van der Waals surface area contributed by atoms with E-state index in [1.807, 2.05) is 31.2 Å². The van der Waals surface area contributed by atoms with Gasteiger partial charge in [0.05, 0.1) is 11.4 Å². The second-order valence-electron chi connectivity index (χ2n) is 8.65. The molecule has 0 aliphatic carbocycles. The summed E-state index contributed by atoms with van der Waals surface area (Å²) in [5.41, 5.74) is 5.43. The van der Waals surface area contributed by atoms with Gasteiger partial charge in [-0.05, 0) is 67.9 Å². The zero-order chi connectivity index (χ0) is 26.4. The zero-order valence-electron chi connectivity index (χ0n) is 19.9. The lowest BCUT2D eigenvalue weighted by Crippen LogP contribution is -2.39. The fourth-order valence-electron chi connectivity index (χ4n) is 4.01. The number of aliphatic hydroxyl groups excluding tert-OH is 2. The van der Waals surface area contributed by atoms with Gasteiger partial charge < -0.3 is 25.3 Å². The van der Waals surface area contributed by atoms with Crippen molar-refractivity contribution in [3.05, 3.63) is 82.8 Å². The van der Waals surface area contributed by atoms with E-state index in [0.717, 1.165) is 36.3 Å². The van der Waals surface area contributed by atoms with Gasteiger partial charge in [0.2, 0.25) is 0 Å². The maximum atomic E-state index is 15.0. The highest BCUT2D eigenvalue weighted by molar-refractivity contribution is 5.83. The van der Waals surface area contributed by atoms with Crippen LogP contribution in [0.2, 0.25) is 0 Å². The largest absolute Gasteiger partial charge is 0.479 e. The fraction of sp³-hybridized carbons (Fsp3) is 0.308. The van der Waals surface area contributed by atoms with Gasteiger partial charge in [0, 0.05) is 18.0 Å². The molecule has 0 saturated carbocycles. The summed E-state index contributed by atoms with van der Waals surface area (Å²) in [6.07, 6.45) is -3.55. The van der Waals surface area contributed by atoms with E-state index in [1.165, 1.54) is 5.56 Å². The summed E-state index contributed by atoms with van der Waals surface area (Å²) in [4.78, 5) is 21.8. The summed E-state index contributed by atoms with van der Waals surface area (Å²) < 4.78 is 15.0. The molecule has 1 aromatic heterocycles. The first-order valence-electron chi connectivity index (χ1n) is 11.3. The first-order chi connectivity index (χ1) is 17.1. The van der Waals surface area contributed by atoms with Crippen LogP contribution >= 0.6 is 0 Å². The standard InChI is InChI=1S/C22H22FN3.C4H6O6/c1-15-8-9-22(25-24-15)20-12-17-14-26(2)11-10-18(19(17)13-21(20)23)16-6-4-3-5-7-16;5-1(3(7)8)2(6)4(9)10/h3-9,12-13,18H,10-11,14H2,1-2H3;1-2,5-6H,(H,7,8)(H,9,10)/t;1-,2-/m.1/s1. The average Bonchev–Trinajstić information content (AvgIpc) is 3.01. The number of rotatable bonds is 5. The minimum absolute atomic E-state index is 0.212. The molecule has 9 nitrogen and oxygen atoms in total. The number of carboxylic acid groups (broad SMARTS) is 2. The van der Waals surface area contributed by atoms with Crippen molar-refractivity contribution < 1.29 is 34.4 Å². The smallest absolute Gasteiger partial charge is 0.335 e. The molecular formula is C26H28FN3O6. The molecule has 3 aromatic rings. The van der Waals surface area contributed by atoms with Crippen LogP contribution < -0.4 is 0 Å². The van der Waals surface area contributed by atoms with Gasteiger partial charge in [0.25, 0.3) is 0 Å². The Bertz CT molecular complexity index is 1190. The molecule has 0 fully saturated rings. The van der Waals surface area contributed by atoms with Crippen LogP contribution in [0.25, 0.3) is 11.3 Å². The average molecular weight is 498 g/mol. The monoisotopic (exact) mass is 497 g/mol. The van der Waals surface area contributed by atoms with Gasteiger partial charge in [-0.3, -0.25) is 0 Å². The molecule has 0 saturated heterocycles. The highest BCUT2D eigenvalue weighted by Crippen LogP contribution is 2.36. The molecule has 190 valence electrons. The Morgan fingerprint density at radius 2 is 1.64 bits per heavy atom. The Balaban J connectivity index is 0.000000308. The summed E-state index contributed by atoms with van der Waals surface area (Å²) in [5, 5.41) is 40.8. The number of carboxylic acids is 2. The van der Waals surface area contributed by atoms with E-state index in [9.17, 15) is 9.59 Å². The molecule has 1 aliphatic heterocycles. The van der Waals surface area contributed by atoms with E-state index in [4.69, 9.17) is 20.4 Å². The lowest BCUT2D eigenvalue weighted by Gasteiger charge is -2.19. The third kappa shape index (κ3) is 6.48. The van der Waals surface area contributed by atoms with Crippen molar-refractivity contribution in [3.63, 3.8) is 0 Å². The number of benzene rings is 2. The number of aliphatic hydroxyl groups is 2. The van der Waals surface area contributed by atoms with Crippen molar-refractivity contribution in [2.75, 3.05) is 13.6 Å². The molecule has 1 aliphatic rings. The summed E-state index contributed by atoms with van der Waals surface area (Å²) in [7, 11) is 2.12. The Labute approximate surface area is 207 Å². The first kappa shape index (κ1) is 26.9. The third-order valence-corrected chi connectivity index (χ3v) is 5.92. The van der Waals surface area contributed by atoms with Gasteiger partial charge in [0.1, 0.15) is 5.82 Å². The lowest BCUT2D eigenvalue weighted by molar-refractivity contribution is -0.165. The van der Waals surface area contributed by atoms with Crippen molar-refractivity contribution in [3.8, 4) is 11.3 Å². The summed E-state index contributed by atoms with van der Waals surface area (Å²) >= 11 is 0. The number of carbonyl (C=O) groups is 2. The molecule has 4 N–H and O–H groups in total. The highest BCUT2D eigenvalue weighted by Gasteiger charge is 2.29. The molecule has 2 heterocycles. The van der Waals surface area contributed by atoms with Crippen molar-refractivity contribution in [1.82, 2.24) is 15.1 Å². The van der Waals surface area contributed by atoms with Gasteiger partial charge in [-0.25, -0.2) is 14.0 Å². The maximum Gasteiger partial charge on any atom is 0.335 e. The third-order valence-electron chi connectivity index (χ3n) is 5.92. The quantitative estimate of drug-likeness (QED) is 0.418. The van der Waals surface area contributed by atoms with Crippen LogP contribution in [0.15, 0.2) is 54.6 Å². The Kier molecular flexibility index (Phi) is 8.81. The van der Waals surface area contributed by atoms with Crippen molar-refractivity contribution >= 4 is 11.9 Å². The molecular weight excluding hydrogens is 469 g/mol. The number of hydrogen-bond donors (Lipinski definition) is 4. The SMILES string of the molecule is Cc1ccc(-c2cc3c(cc2F)C(c2ccccc2)CCN(C)C3)nn1.O=C(O)[C@H](O)[C@@H](O)C(=O)O. The molecule has 3 atom stereocenters. The maximum absolute atomic E-state index is 15.0. The number of fused-ring (bicyclic) bond motifs is 1. The topological polar surface area (TPSA) is 144 Å². The predicted molar refractivity (Wildman–Crippen MR) is 129 cm³/mol. The van der Waals surface area contributed by atoms with Gasteiger partial charge in [-0.1, -0.05) is 30.3 Å². The van der Waals surface area contributed by atoms with Crippen LogP contribution in [0, 0.1) is 12.7 Å². The van der Waals surface area contributed by atoms with Gasteiger partial charge in [0.15, 0.2) is 12.2 Å². The Hall–Kier alpha value is -3.73. The van der Waals surface area contributed by atoms with Gasteiger partial charge in [-0.2, -0.15) is 10.2 Å². The van der Waals surface area contributed by atoms with Crippen LogP contribution in [0.4, 0.5) is 4.39 Å². The van der Waals surface area contributed by atoms with Gasteiger partial charge in [-0.15, -0.1) is 0 Å². The molecule has 2 aromatic carbocycles. The zero-order valence-corrected chi connectivity index (χ0v) is 19.9. The molecule has 36 heavy (non-hydrogen) atoms. The minimum atomic E-state index is -2.27. The van der Waals surface area contributed by atoms with Crippen LogP contribution in [0.1, 0.15) is 34.7 Å².